The number of carbonyl (C=O) groups is 1. The Morgan fingerprint density at radius 1 is 1.14 bits per heavy atom. The molecule has 0 aliphatic carbocycles. The predicted octanol–water partition coefficient (Wildman–Crippen LogP) is 3.91. The molecule has 4 rings (SSSR count). The number of carbonyl (C=O) groups excluding carboxylic acids is 1. The van der Waals surface area contributed by atoms with Gasteiger partial charge in [-0.3, -0.25) is 19.9 Å². The molecular formula is C22H19N3O3. The van der Waals surface area contributed by atoms with Crippen molar-refractivity contribution in [1.29, 1.82) is 0 Å². The molecule has 1 aliphatic heterocycles. The van der Waals surface area contributed by atoms with Crippen LogP contribution in [0.5, 0.6) is 0 Å². The number of pyridine rings is 1. The first-order chi connectivity index (χ1) is 13.6. The van der Waals surface area contributed by atoms with E-state index in [1.54, 1.807) is 23.4 Å². The minimum Gasteiger partial charge on any atom is -0.311 e. The quantitative estimate of drug-likeness (QED) is 0.502. The van der Waals surface area contributed by atoms with Gasteiger partial charge in [-0.05, 0) is 35.6 Å². The Balaban J connectivity index is 1.69. The lowest BCUT2D eigenvalue weighted by atomic mass is 9.91. The monoisotopic (exact) mass is 373 g/mol. The molecule has 0 N–H and O–H groups in total. The molecule has 1 atom stereocenters. The molecule has 1 aromatic heterocycles. The zero-order chi connectivity index (χ0) is 19.5. The second kappa shape index (κ2) is 7.60. The minimum absolute atomic E-state index is 0.00182. The minimum atomic E-state index is -0.425. The van der Waals surface area contributed by atoms with Crippen molar-refractivity contribution in [2.75, 3.05) is 11.4 Å². The van der Waals surface area contributed by atoms with Crippen LogP contribution in [0, 0.1) is 10.1 Å². The van der Waals surface area contributed by atoms with Gasteiger partial charge in [0.1, 0.15) is 0 Å². The molecule has 1 aliphatic rings. The summed E-state index contributed by atoms with van der Waals surface area (Å²) in [6.45, 7) is 0.533. The van der Waals surface area contributed by atoms with Crippen molar-refractivity contribution in [3.8, 4) is 0 Å². The van der Waals surface area contributed by atoms with Gasteiger partial charge in [0, 0.05) is 31.1 Å². The highest BCUT2D eigenvalue weighted by Crippen LogP contribution is 2.35. The van der Waals surface area contributed by atoms with Crippen LogP contribution < -0.4 is 4.90 Å². The average Bonchev–Trinajstić information content (AvgIpc) is 3.16. The van der Waals surface area contributed by atoms with E-state index in [1.165, 1.54) is 12.1 Å². The second-order valence-electron chi connectivity index (χ2n) is 6.84. The van der Waals surface area contributed by atoms with Gasteiger partial charge < -0.3 is 4.90 Å². The third-order valence-electron chi connectivity index (χ3n) is 5.10. The van der Waals surface area contributed by atoms with Crippen LogP contribution in [0.4, 0.5) is 11.4 Å². The third-order valence-corrected chi connectivity index (χ3v) is 5.10. The lowest BCUT2D eigenvalue weighted by Crippen LogP contribution is -2.34. The molecule has 0 spiro atoms. The maximum atomic E-state index is 13.5. The number of rotatable bonds is 5. The van der Waals surface area contributed by atoms with E-state index in [0.717, 1.165) is 16.7 Å². The van der Waals surface area contributed by atoms with Crippen molar-refractivity contribution in [2.45, 2.75) is 18.8 Å². The molecule has 2 aromatic carbocycles. The van der Waals surface area contributed by atoms with E-state index in [9.17, 15) is 14.9 Å². The predicted molar refractivity (Wildman–Crippen MR) is 106 cm³/mol. The third kappa shape index (κ3) is 3.49. The Morgan fingerprint density at radius 2 is 1.96 bits per heavy atom. The molecule has 0 saturated heterocycles. The number of benzene rings is 2. The highest BCUT2D eigenvalue weighted by molar-refractivity contribution is 6.00. The molecule has 6 nitrogen and oxygen atoms in total. The summed E-state index contributed by atoms with van der Waals surface area (Å²) >= 11 is 0. The van der Waals surface area contributed by atoms with Crippen LogP contribution in [-0.2, 0) is 17.6 Å². The zero-order valence-corrected chi connectivity index (χ0v) is 15.2. The van der Waals surface area contributed by atoms with E-state index in [0.29, 0.717) is 25.1 Å². The number of nitro groups is 1. The van der Waals surface area contributed by atoms with E-state index in [1.807, 2.05) is 42.5 Å². The fraction of sp³-hybridized carbons (Fsp3) is 0.182. The largest absolute Gasteiger partial charge is 0.311 e. The van der Waals surface area contributed by atoms with Gasteiger partial charge in [0.25, 0.3) is 5.69 Å². The first kappa shape index (κ1) is 17.9. The van der Waals surface area contributed by atoms with Gasteiger partial charge >= 0.3 is 0 Å². The zero-order valence-electron chi connectivity index (χ0n) is 15.2. The first-order valence-corrected chi connectivity index (χ1v) is 9.16. The Kier molecular flexibility index (Phi) is 4.85. The number of non-ortho nitro benzene ring substituents is 1. The fourth-order valence-electron chi connectivity index (χ4n) is 3.69. The topological polar surface area (TPSA) is 76.3 Å². The average molecular weight is 373 g/mol. The summed E-state index contributed by atoms with van der Waals surface area (Å²) in [7, 11) is 0. The molecule has 0 radical (unpaired) electrons. The molecule has 1 unspecified atom stereocenters. The number of nitrogens with zero attached hydrogens (tertiary/aromatic N) is 3. The molecule has 1 amide bonds. The summed E-state index contributed by atoms with van der Waals surface area (Å²) in [6.07, 6.45) is 4.70. The molecule has 0 bridgehead atoms. The van der Waals surface area contributed by atoms with Crippen LogP contribution in [0.25, 0.3) is 0 Å². The SMILES string of the molecule is O=C(C(Cc1cccnc1)c1ccccc1)N1CCc2ccc([N+](=O)[O-])cc21. The van der Waals surface area contributed by atoms with Gasteiger partial charge in [0.2, 0.25) is 5.91 Å². The number of fused-ring (bicyclic) bond motifs is 1. The number of nitro benzene ring substituents is 1. The van der Waals surface area contributed by atoms with Crippen LogP contribution in [0.1, 0.15) is 22.6 Å². The van der Waals surface area contributed by atoms with Crippen molar-refractivity contribution in [3.63, 3.8) is 0 Å². The smallest absolute Gasteiger partial charge is 0.271 e. The fourth-order valence-corrected chi connectivity index (χ4v) is 3.69. The number of aromatic nitrogens is 1. The lowest BCUT2D eigenvalue weighted by Gasteiger charge is -2.24. The number of amides is 1. The van der Waals surface area contributed by atoms with Crippen molar-refractivity contribution < 1.29 is 9.72 Å². The Hall–Kier alpha value is -3.54. The molecule has 140 valence electrons. The summed E-state index contributed by atoms with van der Waals surface area (Å²) in [5.41, 5.74) is 3.51. The van der Waals surface area contributed by atoms with Gasteiger partial charge in [0.05, 0.1) is 16.5 Å². The molecule has 6 heteroatoms. The summed E-state index contributed by atoms with van der Waals surface area (Å²) < 4.78 is 0. The maximum absolute atomic E-state index is 13.5. The molecule has 28 heavy (non-hydrogen) atoms. The van der Waals surface area contributed by atoms with Crippen LogP contribution >= 0.6 is 0 Å². The summed E-state index contributed by atoms with van der Waals surface area (Å²) in [4.78, 5) is 30.1. The van der Waals surface area contributed by atoms with Gasteiger partial charge in [-0.1, -0.05) is 42.5 Å². The van der Waals surface area contributed by atoms with E-state index >= 15 is 0 Å². The molecular weight excluding hydrogens is 354 g/mol. The van der Waals surface area contributed by atoms with Gasteiger partial charge in [-0.25, -0.2) is 0 Å². The normalized spacial score (nSPS) is 13.8. The van der Waals surface area contributed by atoms with Crippen LogP contribution in [-0.4, -0.2) is 22.4 Å². The van der Waals surface area contributed by atoms with Crippen LogP contribution in [0.2, 0.25) is 0 Å². The lowest BCUT2D eigenvalue weighted by molar-refractivity contribution is -0.384. The van der Waals surface area contributed by atoms with Crippen LogP contribution in [0.15, 0.2) is 73.1 Å². The standard InChI is InChI=1S/C22H19N3O3/c26-22(24-12-10-18-8-9-19(25(27)28)14-21(18)24)20(17-6-2-1-3-7-17)13-16-5-4-11-23-15-16/h1-9,11,14-15,20H,10,12-13H2. The molecule has 0 fully saturated rings. The highest BCUT2D eigenvalue weighted by Gasteiger charge is 2.32. The van der Waals surface area contributed by atoms with Crippen molar-refractivity contribution in [2.24, 2.45) is 0 Å². The van der Waals surface area contributed by atoms with Crippen LogP contribution in [0.3, 0.4) is 0 Å². The molecule has 3 aromatic rings. The number of anilines is 1. The molecule has 2 heterocycles. The van der Waals surface area contributed by atoms with Gasteiger partial charge in [-0.2, -0.15) is 0 Å². The Morgan fingerprint density at radius 3 is 2.68 bits per heavy atom. The Bertz CT molecular complexity index is 1010. The summed E-state index contributed by atoms with van der Waals surface area (Å²) in [5.74, 6) is -0.426. The van der Waals surface area contributed by atoms with Crippen molar-refractivity contribution in [1.82, 2.24) is 4.98 Å². The van der Waals surface area contributed by atoms with E-state index in [4.69, 9.17) is 0 Å². The summed E-state index contributed by atoms with van der Waals surface area (Å²) in [6, 6.07) is 18.2. The van der Waals surface area contributed by atoms with Gasteiger partial charge in [-0.15, -0.1) is 0 Å². The van der Waals surface area contributed by atoms with Crippen molar-refractivity contribution >= 4 is 17.3 Å². The van der Waals surface area contributed by atoms with E-state index in [-0.39, 0.29) is 17.5 Å². The number of hydrogen-bond acceptors (Lipinski definition) is 4. The first-order valence-electron chi connectivity index (χ1n) is 9.16. The number of hydrogen-bond donors (Lipinski definition) is 0. The van der Waals surface area contributed by atoms with E-state index in [2.05, 4.69) is 4.98 Å². The summed E-state index contributed by atoms with van der Waals surface area (Å²) in [5, 5.41) is 11.2. The Labute approximate surface area is 162 Å². The second-order valence-corrected chi connectivity index (χ2v) is 6.84. The highest BCUT2D eigenvalue weighted by atomic mass is 16.6. The maximum Gasteiger partial charge on any atom is 0.271 e. The van der Waals surface area contributed by atoms with E-state index < -0.39 is 4.92 Å². The molecule has 0 saturated carbocycles. The van der Waals surface area contributed by atoms with Crippen molar-refractivity contribution in [3.05, 3.63) is 99.9 Å². The van der Waals surface area contributed by atoms with Gasteiger partial charge in [0.15, 0.2) is 0 Å².